The van der Waals surface area contributed by atoms with Gasteiger partial charge in [-0.3, -0.25) is 4.57 Å². The number of hydrogen-bond donors (Lipinski definition) is 0. The number of rotatable bonds is 3. The number of hydrogen-bond acceptors (Lipinski definition) is 1. The van der Waals surface area contributed by atoms with Crippen LogP contribution in [-0.4, -0.2) is 14.1 Å². The quantitative estimate of drug-likeness (QED) is 0.232. The number of nitrogens with zero attached hydrogens (tertiary/aromatic N) is 3. The molecule has 0 spiro atoms. The Morgan fingerprint density at radius 1 is 0.500 bits per heavy atom. The summed E-state index contributed by atoms with van der Waals surface area (Å²) in [6.07, 6.45) is 2.13. The molecule has 3 heteroatoms. The van der Waals surface area contributed by atoms with E-state index >= 15 is 0 Å². The standard InChI is InChI=1S/C37H25N3/c1-3-11-24(12-4-1)30-17-10-20-33(38-30)40-31-18-8-7-16-28(31)29-23-26-22-21-25-13-9-19-32-34(25)35(26)37(36(29)40)39(32)27-14-5-2-6-15-27/h1-20,23H,21-22H2. The molecule has 0 aliphatic heterocycles. The van der Waals surface area contributed by atoms with Crippen molar-refractivity contribution in [1.82, 2.24) is 14.1 Å². The number of benzene rings is 5. The molecule has 40 heavy (non-hydrogen) atoms. The van der Waals surface area contributed by atoms with E-state index in [1.54, 1.807) is 0 Å². The summed E-state index contributed by atoms with van der Waals surface area (Å²) in [5.74, 6) is 0.934. The van der Waals surface area contributed by atoms with Gasteiger partial charge in [0.25, 0.3) is 0 Å². The molecule has 1 aliphatic rings. The summed E-state index contributed by atoms with van der Waals surface area (Å²) in [5, 5.41) is 5.33. The first kappa shape index (κ1) is 21.7. The molecule has 0 atom stereocenters. The van der Waals surface area contributed by atoms with Crippen molar-refractivity contribution in [3.63, 3.8) is 0 Å². The van der Waals surface area contributed by atoms with E-state index in [0.717, 1.165) is 29.9 Å². The molecule has 0 unspecified atom stereocenters. The Balaban J connectivity index is 1.51. The van der Waals surface area contributed by atoms with Crippen molar-refractivity contribution in [2.45, 2.75) is 12.8 Å². The van der Waals surface area contributed by atoms with Crippen LogP contribution in [0, 0.1) is 0 Å². The Morgan fingerprint density at radius 3 is 2.10 bits per heavy atom. The van der Waals surface area contributed by atoms with Gasteiger partial charge in [0.2, 0.25) is 0 Å². The van der Waals surface area contributed by atoms with Crippen molar-refractivity contribution < 1.29 is 0 Å². The highest BCUT2D eigenvalue weighted by molar-refractivity contribution is 6.25. The molecule has 5 aromatic carbocycles. The third kappa shape index (κ3) is 2.92. The molecular weight excluding hydrogens is 486 g/mol. The maximum atomic E-state index is 5.26. The Labute approximate surface area is 231 Å². The predicted octanol–water partition coefficient (Wildman–Crippen LogP) is 9.04. The highest BCUT2D eigenvalue weighted by Crippen LogP contribution is 2.46. The van der Waals surface area contributed by atoms with Crippen molar-refractivity contribution in [1.29, 1.82) is 0 Å². The van der Waals surface area contributed by atoms with Gasteiger partial charge in [0.15, 0.2) is 0 Å². The third-order valence-corrected chi connectivity index (χ3v) is 8.57. The van der Waals surface area contributed by atoms with Gasteiger partial charge in [-0.05, 0) is 66.4 Å². The van der Waals surface area contributed by atoms with E-state index in [9.17, 15) is 0 Å². The van der Waals surface area contributed by atoms with Gasteiger partial charge in [-0.1, -0.05) is 84.9 Å². The lowest BCUT2D eigenvalue weighted by atomic mass is 9.90. The zero-order valence-corrected chi connectivity index (χ0v) is 21.9. The van der Waals surface area contributed by atoms with Gasteiger partial charge in [0.05, 0.1) is 27.8 Å². The van der Waals surface area contributed by atoms with Crippen LogP contribution in [0.25, 0.3) is 66.4 Å². The number of fused-ring (bicyclic) bond motifs is 4. The molecule has 3 heterocycles. The monoisotopic (exact) mass is 511 g/mol. The van der Waals surface area contributed by atoms with Gasteiger partial charge in [-0.2, -0.15) is 0 Å². The Kier molecular flexibility index (Phi) is 4.44. The Morgan fingerprint density at radius 2 is 1.23 bits per heavy atom. The molecule has 3 nitrogen and oxygen atoms in total. The lowest BCUT2D eigenvalue weighted by Gasteiger charge is -2.15. The molecule has 0 amide bonds. The minimum atomic E-state index is 0.934. The van der Waals surface area contributed by atoms with E-state index in [0.29, 0.717) is 0 Å². The van der Waals surface area contributed by atoms with Crippen molar-refractivity contribution >= 4 is 43.6 Å². The first-order valence-corrected chi connectivity index (χ1v) is 14.0. The fourth-order valence-electron chi connectivity index (χ4n) is 6.92. The fourth-order valence-corrected chi connectivity index (χ4v) is 6.92. The van der Waals surface area contributed by atoms with E-state index in [4.69, 9.17) is 4.98 Å². The van der Waals surface area contributed by atoms with Crippen LogP contribution in [0.3, 0.4) is 0 Å². The molecule has 0 N–H and O–H groups in total. The Bertz CT molecular complexity index is 2250. The van der Waals surface area contributed by atoms with Crippen molar-refractivity contribution in [2.75, 3.05) is 0 Å². The second kappa shape index (κ2) is 8.17. The molecule has 3 aromatic heterocycles. The van der Waals surface area contributed by atoms with Crippen molar-refractivity contribution in [3.8, 4) is 22.8 Å². The van der Waals surface area contributed by atoms with Crippen LogP contribution in [0.2, 0.25) is 0 Å². The molecule has 0 bridgehead atoms. The summed E-state index contributed by atoms with van der Waals surface area (Å²) in [5.41, 5.74) is 11.1. The first-order valence-electron chi connectivity index (χ1n) is 14.0. The third-order valence-electron chi connectivity index (χ3n) is 8.57. The SMILES string of the molecule is c1ccc(-c2cccc(-n3c4ccccc4c4cc5c6c7c(cccc7n(-c7ccccc7)c6c43)CC5)n2)cc1. The second-order valence-corrected chi connectivity index (χ2v) is 10.7. The Hall–Kier alpha value is -5.15. The van der Waals surface area contributed by atoms with E-state index in [-0.39, 0.29) is 0 Å². The van der Waals surface area contributed by atoms with E-state index < -0.39 is 0 Å². The normalized spacial score (nSPS) is 12.8. The van der Waals surface area contributed by atoms with Crippen LogP contribution in [0.5, 0.6) is 0 Å². The molecule has 0 fully saturated rings. The molecule has 0 saturated heterocycles. The maximum Gasteiger partial charge on any atom is 0.138 e. The van der Waals surface area contributed by atoms with Crippen LogP contribution < -0.4 is 0 Å². The molecule has 0 saturated carbocycles. The molecule has 188 valence electrons. The van der Waals surface area contributed by atoms with Crippen molar-refractivity contribution in [3.05, 3.63) is 139 Å². The van der Waals surface area contributed by atoms with Crippen molar-refractivity contribution in [2.24, 2.45) is 0 Å². The van der Waals surface area contributed by atoms with E-state index in [2.05, 4.69) is 137 Å². The van der Waals surface area contributed by atoms with E-state index in [1.807, 2.05) is 0 Å². The lowest BCUT2D eigenvalue weighted by molar-refractivity contribution is 0.971. The highest BCUT2D eigenvalue weighted by Gasteiger charge is 2.27. The zero-order valence-electron chi connectivity index (χ0n) is 21.9. The molecule has 0 radical (unpaired) electrons. The topological polar surface area (TPSA) is 22.8 Å². The van der Waals surface area contributed by atoms with Crippen LogP contribution >= 0.6 is 0 Å². The van der Waals surface area contributed by atoms with Crippen LogP contribution in [-0.2, 0) is 12.8 Å². The van der Waals surface area contributed by atoms with Gasteiger partial charge in [0.1, 0.15) is 5.82 Å². The minimum Gasteiger partial charge on any atom is -0.307 e. The largest absolute Gasteiger partial charge is 0.307 e. The average Bonchev–Trinajstić information content (AvgIpc) is 3.55. The van der Waals surface area contributed by atoms with Crippen LogP contribution in [0.1, 0.15) is 11.1 Å². The van der Waals surface area contributed by atoms with Gasteiger partial charge >= 0.3 is 0 Å². The second-order valence-electron chi connectivity index (χ2n) is 10.7. The summed E-state index contributed by atoms with van der Waals surface area (Å²) >= 11 is 0. The highest BCUT2D eigenvalue weighted by atomic mass is 15.1. The summed E-state index contributed by atoms with van der Waals surface area (Å²) in [7, 11) is 0. The summed E-state index contributed by atoms with van der Waals surface area (Å²) in [6.45, 7) is 0. The summed E-state index contributed by atoms with van der Waals surface area (Å²) < 4.78 is 4.88. The smallest absolute Gasteiger partial charge is 0.138 e. The number of para-hydroxylation sites is 2. The number of aryl methyl sites for hydroxylation is 2. The minimum absolute atomic E-state index is 0.934. The van der Waals surface area contributed by atoms with Gasteiger partial charge in [-0.25, -0.2) is 4.98 Å². The maximum absolute atomic E-state index is 5.26. The zero-order chi connectivity index (χ0) is 26.2. The fraction of sp³-hybridized carbons (Fsp3) is 0.0541. The molecule has 8 aromatic rings. The predicted molar refractivity (Wildman–Crippen MR) is 166 cm³/mol. The molecule has 9 rings (SSSR count). The van der Waals surface area contributed by atoms with Crippen LogP contribution in [0.4, 0.5) is 0 Å². The molecule has 1 aliphatic carbocycles. The average molecular weight is 512 g/mol. The first-order chi connectivity index (χ1) is 19.9. The van der Waals surface area contributed by atoms with Gasteiger partial charge in [0, 0.05) is 32.8 Å². The lowest BCUT2D eigenvalue weighted by Crippen LogP contribution is -2.02. The summed E-state index contributed by atoms with van der Waals surface area (Å²) in [4.78, 5) is 5.26. The molecular formula is C37H25N3. The number of pyridine rings is 1. The number of aromatic nitrogens is 3. The van der Waals surface area contributed by atoms with E-state index in [1.165, 1.54) is 60.4 Å². The summed E-state index contributed by atoms with van der Waals surface area (Å²) in [6, 6.07) is 45.7. The van der Waals surface area contributed by atoms with Crippen LogP contribution in [0.15, 0.2) is 127 Å². The van der Waals surface area contributed by atoms with Gasteiger partial charge < -0.3 is 4.57 Å². The van der Waals surface area contributed by atoms with Gasteiger partial charge in [-0.15, -0.1) is 0 Å².